The molecule has 3 rings (SSSR count). The Labute approximate surface area is 123 Å². The van der Waals surface area contributed by atoms with Crippen molar-refractivity contribution >= 4 is 11.0 Å². The fourth-order valence-electron chi connectivity index (χ4n) is 2.52. The Morgan fingerprint density at radius 2 is 2.05 bits per heavy atom. The van der Waals surface area contributed by atoms with Crippen molar-refractivity contribution in [2.24, 2.45) is 0 Å². The van der Waals surface area contributed by atoms with Crippen molar-refractivity contribution in [3.8, 4) is 5.75 Å². The smallest absolute Gasteiger partial charge is 0.119 e. The van der Waals surface area contributed by atoms with Gasteiger partial charge in [0.25, 0.3) is 0 Å². The minimum atomic E-state index is -0.463. The van der Waals surface area contributed by atoms with E-state index in [1.165, 1.54) is 0 Å². The van der Waals surface area contributed by atoms with Gasteiger partial charge in [0.2, 0.25) is 0 Å². The first-order valence-electron chi connectivity index (χ1n) is 6.97. The first-order chi connectivity index (χ1) is 10.3. The molecule has 0 aliphatic rings. The highest BCUT2D eigenvalue weighted by molar-refractivity contribution is 5.74. The molecule has 1 atom stereocenters. The highest BCUT2D eigenvalue weighted by Gasteiger charge is 2.09. The van der Waals surface area contributed by atoms with Crippen molar-refractivity contribution < 1.29 is 9.84 Å². The zero-order valence-electron chi connectivity index (χ0n) is 11.9. The van der Waals surface area contributed by atoms with E-state index in [2.05, 4.69) is 4.98 Å². The number of aromatic nitrogens is 2. The van der Waals surface area contributed by atoms with Gasteiger partial charge in [0.05, 0.1) is 37.1 Å². The van der Waals surface area contributed by atoms with E-state index in [9.17, 15) is 5.11 Å². The molecule has 0 bridgehead atoms. The molecule has 0 fully saturated rings. The third kappa shape index (κ3) is 3.06. The summed E-state index contributed by atoms with van der Waals surface area (Å²) in [5, 5.41) is 10.3. The van der Waals surface area contributed by atoms with E-state index < -0.39 is 6.10 Å². The molecule has 21 heavy (non-hydrogen) atoms. The fourth-order valence-corrected chi connectivity index (χ4v) is 2.52. The second-order valence-electron chi connectivity index (χ2n) is 5.10. The summed E-state index contributed by atoms with van der Waals surface area (Å²) in [5.41, 5.74) is 3.06. The lowest BCUT2D eigenvalue weighted by Gasteiger charge is -2.13. The van der Waals surface area contributed by atoms with Crippen LogP contribution in [0.2, 0.25) is 0 Å². The lowest BCUT2D eigenvalue weighted by atomic mass is 10.1. The number of hydrogen-bond acceptors (Lipinski definition) is 3. The van der Waals surface area contributed by atoms with Crippen LogP contribution in [0, 0.1) is 0 Å². The predicted octanol–water partition coefficient (Wildman–Crippen LogP) is 2.65. The number of aliphatic hydroxyl groups excluding tert-OH is 1. The zero-order chi connectivity index (χ0) is 14.7. The molecule has 2 aromatic carbocycles. The number of para-hydroxylation sites is 2. The standard InChI is InChI=1S/C17H18N2O2/c1-21-15-6-4-5-13(10-15)9-14(20)11-19-12-18-16-7-2-3-8-17(16)19/h2-8,10,12,14,20H,9,11H2,1H3. The number of rotatable bonds is 5. The van der Waals surface area contributed by atoms with Crippen molar-refractivity contribution in [1.29, 1.82) is 0 Å². The predicted molar refractivity (Wildman–Crippen MR) is 82.4 cm³/mol. The Morgan fingerprint density at radius 1 is 1.19 bits per heavy atom. The number of fused-ring (bicyclic) bond motifs is 1. The summed E-state index contributed by atoms with van der Waals surface area (Å²) in [7, 11) is 1.65. The van der Waals surface area contributed by atoms with Gasteiger partial charge in [0, 0.05) is 6.42 Å². The molecule has 1 N–H and O–H groups in total. The van der Waals surface area contributed by atoms with Crippen LogP contribution in [0.15, 0.2) is 54.9 Å². The van der Waals surface area contributed by atoms with E-state index in [-0.39, 0.29) is 0 Å². The van der Waals surface area contributed by atoms with Crippen molar-refractivity contribution in [2.75, 3.05) is 7.11 Å². The largest absolute Gasteiger partial charge is 0.497 e. The fraction of sp³-hybridized carbons (Fsp3) is 0.235. The van der Waals surface area contributed by atoms with Crippen molar-refractivity contribution in [3.05, 3.63) is 60.4 Å². The van der Waals surface area contributed by atoms with E-state index >= 15 is 0 Å². The van der Waals surface area contributed by atoms with Gasteiger partial charge in [-0.1, -0.05) is 24.3 Å². The van der Waals surface area contributed by atoms with Crippen molar-refractivity contribution in [1.82, 2.24) is 9.55 Å². The van der Waals surface area contributed by atoms with Crippen LogP contribution in [0.4, 0.5) is 0 Å². The first-order valence-corrected chi connectivity index (χ1v) is 6.97. The molecule has 1 aromatic heterocycles. The van der Waals surface area contributed by atoms with E-state index in [1.54, 1.807) is 13.4 Å². The number of benzene rings is 2. The summed E-state index contributed by atoms with van der Waals surface area (Å²) in [6, 6.07) is 15.7. The molecule has 3 aromatic rings. The third-order valence-electron chi connectivity index (χ3n) is 3.54. The third-order valence-corrected chi connectivity index (χ3v) is 3.54. The molecule has 0 amide bonds. The monoisotopic (exact) mass is 282 g/mol. The molecule has 0 saturated carbocycles. The van der Waals surface area contributed by atoms with Crippen LogP contribution in [0.1, 0.15) is 5.56 Å². The Hall–Kier alpha value is -2.33. The van der Waals surface area contributed by atoms with Crippen LogP contribution in [0.5, 0.6) is 5.75 Å². The number of aliphatic hydroxyl groups is 1. The van der Waals surface area contributed by atoms with Crippen molar-refractivity contribution in [2.45, 2.75) is 19.1 Å². The minimum Gasteiger partial charge on any atom is -0.497 e. The van der Waals surface area contributed by atoms with Gasteiger partial charge >= 0.3 is 0 Å². The summed E-state index contributed by atoms with van der Waals surface area (Å²) in [6.07, 6.45) is 1.90. The lowest BCUT2D eigenvalue weighted by molar-refractivity contribution is 0.155. The Kier molecular flexibility index (Phi) is 3.88. The molecular formula is C17H18N2O2. The average Bonchev–Trinajstić information content (AvgIpc) is 2.91. The number of imidazole rings is 1. The molecule has 108 valence electrons. The second kappa shape index (κ2) is 5.97. The number of nitrogens with zero attached hydrogens (tertiary/aromatic N) is 2. The second-order valence-corrected chi connectivity index (χ2v) is 5.10. The van der Waals surface area contributed by atoms with Crippen LogP contribution < -0.4 is 4.74 Å². The molecule has 0 saturated heterocycles. The Bertz CT molecular complexity index is 736. The maximum Gasteiger partial charge on any atom is 0.119 e. The topological polar surface area (TPSA) is 47.3 Å². The van der Waals surface area contributed by atoms with Gasteiger partial charge in [-0.3, -0.25) is 0 Å². The average molecular weight is 282 g/mol. The minimum absolute atomic E-state index is 0.463. The van der Waals surface area contributed by atoms with Gasteiger partial charge in [0.15, 0.2) is 0 Å². The highest BCUT2D eigenvalue weighted by Crippen LogP contribution is 2.16. The first kappa shape index (κ1) is 13.6. The number of hydrogen-bond donors (Lipinski definition) is 1. The van der Waals surface area contributed by atoms with Crippen molar-refractivity contribution in [3.63, 3.8) is 0 Å². The van der Waals surface area contributed by atoms with Gasteiger partial charge in [-0.2, -0.15) is 0 Å². The molecule has 0 aliphatic carbocycles. The summed E-state index contributed by atoms with van der Waals surface area (Å²) >= 11 is 0. The van der Waals surface area contributed by atoms with Crippen LogP contribution >= 0.6 is 0 Å². The van der Waals surface area contributed by atoms with Gasteiger partial charge in [-0.05, 0) is 29.8 Å². The maximum absolute atomic E-state index is 10.3. The maximum atomic E-state index is 10.3. The summed E-state index contributed by atoms with van der Waals surface area (Å²) in [4.78, 5) is 4.34. The molecule has 1 heterocycles. The SMILES string of the molecule is COc1cccc(CC(O)Cn2cnc3ccccc32)c1. The Balaban J connectivity index is 1.72. The van der Waals surface area contributed by atoms with Gasteiger partial charge in [-0.15, -0.1) is 0 Å². The van der Waals surface area contributed by atoms with Gasteiger partial charge < -0.3 is 14.4 Å². The van der Waals surface area contributed by atoms with Crippen LogP contribution in [-0.2, 0) is 13.0 Å². The molecule has 4 heteroatoms. The van der Waals surface area contributed by atoms with E-state index in [0.717, 1.165) is 22.3 Å². The molecule has 0 spiro atoms. The quantitative estimate of drug-likeness (QED) is 0.782. The molecule has 0 radical (unpaired) electrons. The van der Waals surface area contributed by atoms with Gasteiger partial charge in [0.1, 0.15) is 5.75 Å². The molecular weight excluding hydrogens is 264 g/mol. The lowest BCUT2D eigenvalue weighted by Crippen LogP contribution is -2.18. The van der Waals surface area contributed by atoms with E-state index in [4.69, 9.17) is 4.74 Å². The molecule has 0 aliphatic heterocycles. The normalized spacial score (nSPS) is 12.5. The number of ether oxygens (including phenoxy) is 1. The van der Waals surface area contributed by atoms with E-state index in [0.29, 0.717) is 13.0 Å². The summed E-state index contributed by atoms with van der Waals surface area (Å²) < 4.78 is 7.19. The van der Waals surface area contributed by atoms with Crippen LogP contribution in [-0.4, -0.2) is 27.9 Å². The molecule has 1 unspecified atom stereocenters. The zero-order valence-corrected chi connectivity index (χ0v) is 11.9. The van der Waals surface area contributed by atoms with Crippen LogP contribution in [0.25, 0.3) is 11.0 Å². The summed E-state index contributed by atoms with van der Waals surface area (Å²) in [5.74, 6) is 0.813. The molecule has 4 nitrogen and oxygen atoms in total. The van der Waals surface area contributed by atoms with Crippen LogP contribution in [0.3, 0.4) is 0 Å². The summed E-state index contributed by atoms with van der Waals surface area (Å²) in [6.45, 7) is 0.526. The highest BCUT2D eigenvalue weighted by atomic mass is 16.5. The van der Waals surface area contributed by atoms with Gasteiger partial charge in [-0.25, -0.2) is 4.98 Å². The number of methoxy groups -OCH3 is 1. The Morgan fingerprint density at radius 3 is 2.90 bits per heavy atom. The van der Waals surface area contributed by atoms with E-state index in [1.807, 2.05) is 53.1 Å².